The summed E-state index contributed by atoms with van der Waals surface area (Å²) in [6.45, 7) is 3.89. The van der Waals surface area contributed by atoms with E-state index in [2.05, 4.69) is 5.32 Å². The Hall–Kier alpha value is -2.14. The van der Waals surface area contributed by atoms with Gasteiger partial charge in [-0.3, -0.25) is 4.79 Å². The van der Waals surface area contributed by atoms with Crippen LogP contribution < -0.4 is 5.32 Å². The maximum atomic E-state index is 12.1. The van der Waals surface area contributed by atoms with Crippen LogP contribution in [0.4, 0.5) is 5.69 Å². The van der Waals surface area contributed by atoms with Crippen molar-refractivity contribution >= 4 is 21.4 Å². The van der Waals surface area contributed by atoms with Gasteiger partial charge in [0.15, 0.2) is 9.84 Å². The second kappa shape index (κ2) is 8.11. The third-order valence-electron chi connectivity index (χ3n) is 3.76. The summed E-state index contributed by atoms with van der Waals surface area (Å²) < 4.78 is 24.2. The highest BCUT2D eigenvalue weighted by Crippen LogP contribution is 2.17. The van der Waals surface area contributed by atoms with Crippen molar-refractivity contribution < 1.29 is 13.2 Å². The Morgan fingerprint density at radius 3 is 2.46 bits per heavy atom. The van der Waals surface area contributed by atoms with Gasteiger partial charge >= 0.3 is 0 Å². The third-order valence-corrected chi connectivity index (χ3v) is 5.44. The molecule has 0 bridgehead atoms. The van der Waals surface area contributed by atoms with Crippen molar-refractivity contribution in [2.24, 2.45) is 0 Å². The van der Waals surface area contributed by atoms with Crippen molar-refractivity contribution in [2.45, 2.75) is 32.4 Å². The molecule has 0 aliphatic carbocycles. The summed E-state index contributed by atoms with van der Waals surface area (Å²) in [6, 6.07) is 14.9. The molecule has 0 spiro atoms. The smallest absolute Gasteiger partial charge is 0.224 e. The van der Waals surface area contributed by atoms with Crippen molar-refractivity contribution in [2.75, 3.05) is 11.1 Å². The predicted octanol–water partition coefficient (Wildman–Crippen LogP) is 3.64. The third kappa shape index (κ3) is 5.81. The summed E-state index contributed by atoms with van der Waals surface area (Å²) >= 11 is 0. The van der Waals surface area contributed by atoms with Crippen molar-refractivity contribution in [1.29, 1.82) is 0 Å². The maximum absolute atomic E-state index is 12.1. The van der Waals surface area contributed by atoms with E-state index in [9.17, 15) is 13.2 Å². The lowest BCUT2D eigenvalue weighted by Gasteiger charge is -2.09. The normalized spacial score (nSPS) is 11.2. The SMILES string of the molecule is Cc1ccc(C)c(NC(=O)CCCS(=O)(=O)Cc2ccccc2)c1. The van der Waals surface area contributed by atoms with E-state index in [1.165, 1.54) is 0 Å². The highest BCUT2D eigenvalue weighted by atomic mass is 32.2. The zero-order valence-corrected chi connectivity index (χ0v) is 14.9. The van der Waals surface area contributed by atoms with E-state index >= 15 is 0 Å². The summed E-state index contributed by atoms with van der Waals surface area (Å²) in [7, 11) is -3.20. The van der Waals surface area contributed by atoms with Gasteiger partial charge in [0.25, 0.3) is 0 Å². The van der Waals surface area contributed by atoms with E-state index in [1.807, 2.05) is 50.2 Å². The van der Waals surface area contributed by atoms with Crippen molar-refractivity contribution in [3.8, 4) is 0 Å². The van der Waals surface area contributed by atoms with Crippen LogP contribution in [0.15, 0.2) is 48.5 Å². The first kappa shape index (κ1) is 18.2. The lowest BCUT2D eigenvalue weighted by molar-refractivity contribution is -0.116. The van der Waals surface area contributed by atoms with Gasteiger partial charge in [0, 0.05) is 12.1 Å². The first-order valence-electron chi connectivity index (χ1n) is 7.97. The molecule has 24 heavy (non-hydrogen) atoms. The molecule has 0 heterocycles. The number of rotatable bonds is 7. The van der Waals surface area contributed by atoms with Crippen LogP contribution in [0.1, 0.15) is 29.5 Å². The lowest BCUT2D eigenvalue weighted by Crippen LogP contribution is -2.15. The number of hydrogen-bond donors (Lipinski definition) is 1. The Bertz CT molecular complexity index is 799. The van der Waals surface area contributed by atoms with Gasteiger partial charge < -0.3 is 5.32 Å². The number of carbonyl (C=O) groups is 1. The number of anilines is 1. The summed E-state index contributed by atoms with van der Waals surface area (Å²) in [4.78, 5) is 12.0. The van der Waals surface area contributed by atoms with Crippen molar-refractivity contribution in [3.63, 3.8) is 0 Å². The van der Waals surface area contributed by atoms with Crippen LogP contribution in [-0.4, -0.2) is 20.1 Å². The van der Waals surface area contributed by atoms with Crippen LogP contribution in [0.5, 0.6) is 0 Å². The summed E-state index contributed by atoms with van der Waals surface area (Å²) in [6.07, 6.45) is 0.521. The molecule has 128 valence electrons. The van der Waals surface area contributed by atoms with Crippen LogP contribution in [0.25, 0.3) is 0 Å². The molecule has 0 saturated heterocycles. The number of amides is 1. The van der Waals surface area contributed by atoms with Gasteiger partial charge in [-0.2, -0.15) is 0 Å². The Morgan fingerprint density at radius 2 is 1.75 bits per heavy atom. The van der Waals surface area contributed by atoms with Crippen LogP contribution in [0, 0.1) is 13.8 Å². The Morgan fingerprint density at radius 1 is 1.04 bits per heavy atom. The molecule has 0 fully saturated rings. The van der Waals surface area contributed by atoms with E-state index in [1.54, 1.807) is 12.1 Å². The standard InChI is InChI=1S/C19H23NO3S/c1-15-10-11-16(2)18(13-15)20-19(21)9-6-12-24(22,23)14-17-7-4-3-5-8-17/h3-5,7-8,10-11,13H,6,9,12,14H2,1-2H3,(H,20,21). The molecule has 2 aromatic carbocycles. The fraction of sp³-hybridized carbons (Fsp3) is 0.316. The topological polar surface area (TPSA) is 63.2 Å². The number of nitrogens with one attached hydrogen (secondary N) is 1. The molecule has 0 aliphatic heterocycles. The number of aryl methyl sites for hydroxylation is 2. The molecular weight excluding hydrogens is 322 g/mol. The second-order valence-corrected chi connectivity index (χ2v) is 8.23. The molecule has 5 heteroatoms. The second-order valence-electron chi connectivity index (χ2n) is 6.05. The first-order chi connectivity index (χ1) is 11.4. The molecule has 0 saturated carbocycles. The highest BCUT2D eigenvalue weighted by Gasteiger charge is 2.13. The van der Waals surface area contributed by atoms with Crippen LogP contribution in [0.3, 0.4) is 0 Å². The minimum Gasteiger partial charge on any atom is -0.326 e. The van der Waals surface area contributed by atoms with Crippen LogP contribution in [0.2, 0.25) is 0 Å². The summed E-state index contributed by atoms with van der Waals surface area (Å²) in [5.74, 6) is -0.118. The first-order valence-corrected chi connectivity index (χ1v) is 9.79. The van der Waals surface area contributed by atoms with Crippen molar-refractivity contribution in [1.82, 2.24) is 0 Å². The van der Waals surface area contributed by atoms with Gasteiger partial charge in [-0.15, -0.1) is 0 Å². The molecule has 4 nitrogen and oxygen atoms in total. The zero-order valence-electron chi connectivity index (χ0n) is 14.1. The van der Waals surface area contributed by atoms with E-state index in [4.69, 9.17) is 0 Å². The largest absolute Gasteiger partial charge is 0.326 e. The fourth-order valence-corrected chi connectivity index (χ4v) is 3.87. The quantitative estimate of drug-likeness (QED) is 0.833. The minimum absolute atomic E-state index is 0.0160. The molecule has 0 atom stereocenters. The zero-order chi connectivity index (χ0) is 17.6. The molecule has 1 amide bonds. The predicted molar refractivity (Wildman–Crippen MR) is 97.7 cm³/mol. The van der Waals surface area contributed by atoms with Gasteiger partial charge in [-0.05, 0) is 43.0 Å². The van der Waals surface area contributed by atoms with Gasteiger partial charge in [0.2, 0.25) is 5.91 Å². The van der Waals surface area contributed by atoms with Gasteiger partial charge in [0.1, 0.15) is 0 Å². The van der Waals surface area contributed by atoms with E-state index in [0.29, 0.717) is 6.42 Å². The molecule has 0 radical (unpaired) electrons. The average molecular weight is 345 g/mol. The van der Waals surface area contributed by atoms with E-state index < -0.39 is 9.84 Å². The number of hydrogen-bond acceptors (Lipinski definition) is 3. The summed E-state index contributed by atoms with van der Waals surface area (Å²) in [5.41, 5.74) is 3.62. The Labute approximate surface area is 143 Å². The van der Waals surface area contributed by atoms with Crippen LogP contribution >= 0.6 is 0 Å². The Balaban J connectivity index is 1.82. The minimum atomic E-state index is -3.20. The molecule has 1 N–H and O–H groups in total. The lowest BCUT2D eigenvalue weighted by atomic mass is 10.1. The fourth-order valence-electron chi connectivity index (χ4n) is 2.44. The van der Waals surface area contributed by atoms with Gasteiger partial charge in [-0.1, -0.05) is 42.5 Å². The average Bonchev–Trinajstić information content (AvgIpc) is 2.51. The van der Waals surface area contributed by atoms with Crippen molar-refractivity contribution in [3.05, 3.63) is 65.2 Å². The molecular formula is C19H23NO3S. The molecule has 0 aliphatic rings. The summed E-state index contributed by atoms with van der Waals surface area (Å²) in [5, 5.41) is 2.85. The van der Waals surface area contributed by atoms with E-state index in [-0.39, 0.29) is 23.8 Å². The number of carbonyl (C=O) groups excluding carboxylic acids is 1. The molecule has 0 unspecified atom stereocenters. The monoisotopic (exact) mass is 345 g/mol. The Kier molecular flexibility index (Phi) is 6.15. The molecule has 2 aromatic rings. The van der Waals surface area contributed by atoms with Crippen LogP contribution in [-0.2, 0) is 20.4 Å². The highest BCUT2D eigenvalue weighted by molar-refractivity contribution is 7.90. The number of benzene rings is 2. The maximum Gasteiger partial charge on any atom is 0.224 e. The molecule has 2 rings (SSSR count). The number of sulfone groups is 1. The van der Waals surface area contributed by atoms with Gasteiger partial charge in [-0.25, -0.2) is 8.42 Å². The van der Waals surface area contributed by atoms with Gasteiger partial charge in [0.05, 0.1) is 11.5 Å². The van der Waals surface area contributed by atoms with E-state index in [0.717, 1.165) is 22.4 Å². The molecule has 0 aromatic heterocycles.